The standard InChI is InChI=1S/C23H33N3O3/c1-2-22(27)26-14-19-12-25(13-20(19)15-26)10-8-21(17-6-4-3-5-7-17)24-23(28)18-9-11-29-16-18/h3-7,18-21H,2,8-16H2,1H3,(H,24,28)/t18?,19?,20?,21-/m0/s1. The zero-order valence-electron chi connectivity index (χ0n) is 17.4. The van der Waals surface area contributed by atoms with Crippen LogP contribution in [0.5, 0.6) is 0 Å². The molecule has 158 valence electrons. The molecule has 0 spiro atoms. The Bertz CT molecular complexity index is 691. The lowest BCUT2D eigenvalue weighted by atomic mass is 10.0. The summed E-state index contributed by atoms with van der Waals surface area (Å²) < 4.78 is 5.39. The van der Waals surface area contributed by atoms with Crippen molar-refractivity contribution >= 4 is 11.8 Å². The lowest BCUT2D eigenvalue weighted by Crippen LogP contribution is -2.37. The van der Waals surface area contributed by atoms with E-state index in [2.05, 4.69) is 22.3 Å². The summed E-state index contributed by atoms with van der Waals surface area (Å²) in [6.07, 6.45) is 2.32. The minimum Gasteiger partial charge on any atom is -0.381 e. The Kier molecular flexibility index (Phi) is 6.50. The third-order valence-corrected chi connectivity index (χ3v) is 6.77. The average Bonchev–Trinajstić information content (AvgIpc) is 3.47. The minimum absolute atomic E-state index is 0.0190. The van der Waals surface area contributed by atoms with Crippen molar-refractivity contribution in [2.45, 2.75) is 32.2 Å². The molecule has 2 amide bonds. The van der Waals surface area contributed by atoms with Crippen LogP contribution in [0.15, 0.2) is 30.3 Å². The maximum atomic E-state index is 12.7. The van der Waals surface area contributed by atoms with Crippen molar-refractivity contribution in [3.05, 3.63) is 35.9 Å². The van der Waals surface area contributed by atoms with Gasteiger partial charge in [0.2, 0.25) is 11.8 Å². The summed E-state index contributed by atoms with van der Waals surface area (Å²) in [7, 11) is 0. The highest BCUT2D eigenvalue weighted by Gasteiger charge is 2.41. The number of amides is 2. The molecule has 1 aromatic rings. The van der Waals surface area contributed by atoms with Gasteiger partial charge in [-0.1, -0.05) is 37.3 Å². The van der Waals surface area contributed by atoms with E-state index in [1.165, 1.54) is 5.56 Å². The van der Waals surface area contributed by atoms with E-state index in [9.17, 15) is 9.59 Å². The molecule has 3 aliphatic heterocycles. The molecule has 1 N–H and O–H groups in total. The summed E-state index contributed by atoms with van der Waals surface area (Å²) in [5.41, 5.74) is 1.17. The quantitative estimate of drug-likeness (QED) is 0.763. The van der Waals surface area contributed by atoms with Crippen LogP contribution >= 0.6 is 0 Å². The van der Waals surface area contributed by atoms with Crippen LogP contribution in [0.25, 0.3) is 0 Å². The Hall–Kier alpha value is -1.92. The van der Waals surface area contributed by atoms with Gasteiger partial charge in [0.25, 0.3) is 0 Å². The van der Waals surface area contributed by atoms with E-state index in [0.29, 0.717) is 31.5 Å². The van der Waals surface area contributed by atoms with Crippen molar-refractivity contribution in [3.63, 3.8) is 0 Å². The SMILES string of the molecule is CCC(=O)N1CC2CN(CC[C@H](NC(=O)C3CCOC3)c3ccccc3)CC2C1. The van der Waals surface area contributed by atoms with E-state index in [4.69, 9.17) is 4.74 Å². The molecule has 3 unspecified atom stereocenters. The van der Waals surface area contributed by atoms with Crippen LogP contribution in [-0.4, -0.2) is 67.6 Å². The van der Waals surface area contributed by atoms with E-state index < -0.39 is 0 Å². The molecule has 0 bridgehead atoms. The summed E-state index contributed by atoms with van der Waals surface area (Å²) in [5, 5.41) is 3.28. The first-order valence-electron chi connectivity index (χ1n) is 11.1. The van der Waals surface area contributed by atoms with Crippen LogP contribution in [0.3, 0.4) is 0 Å². The molecule has 0 aliphatic carbocycles. The molecule has 6 nitrogen and oxygen atoms in total. The monoisotopic (exact) mass is 399 g/mol. The number of benzene rings is 1. The van der Waals surface area contributed by atoms with E-state index >= 15 is 0 Å². The van der Waals surface area contributed by atoms with Crippen LogP contribution in [0.1, 0.15) is 37.8 Å². The number of hydrogen-bond acceptors (Lipinski definition) is 4. The lowest BCUT2D eigenvalue weighted by molar-refractivity contribution is -0.130. The zero-order chi connectivity index (χ0) is 20.2. The zero-order valence-corrected chi connectivity index (χ0v) is 17.4. The number of carbonyl (C=O) groups is 2. The maximum absolute atomic E-state index is 12.7. The van der Waals surface area contributed by atoms with Crippen LogP contribution in [0.4, 0.5) is 0 Å². The van der Waals surface area contributed by atoms with Crippen molar-refractivity contribution in [1.82, 2.24) is 15.1 Å². The Balaban J connectivity index is 1.32. The predicted octanol–water partition coefficient (Wildman–Crippen LogP) is 2.07. The van der Waals surface area contributed by atoms with Crippen molar-refractivity contribution < 1.29 is 14.3 Å². The third-order valence-electron chi connectivity index (χ3n) is 6.77. The molecule has 3 saturated heterocycles. The minimum atomic E-state index is -0.0190. The molecule has 4 atom stereocenters. The van der Waals surface area contributed by atoms with E-state index in [1.54, 1.807) is 0 Å². The van der Waals surface area contributed by atoms with Crippen molar-refractivity contribution in [1.29, 1.82) is 0 Å². The average molecular weight is 400 g/mol. The van der Waals surface area contributed by atoms with E-state index in [1.807, 2.05) is 30.0 Å². The first-order chi connectivity index (χ1) is 14.1. The predicted molar refractivity (Wildman–Crippen MR) is 111 cm³/mol. The van der Waals surface area contributed by atoms with Crippen LogP contribution in [0, 0.1) is 17.8 Å². The van der Waals surface area contributed by atoms with Gasteiger partial charge >= 0.3 is 0 Å². The molecule has 0 aromatic heterocycles. The van der Waals surface area contributed by atoms with Crippen LogP contribution in [-0.2, 0) is 14.3 Å². The van der Waals surface area contributed by atoms with Gasteiger partial charge in [0.15, 0.2) is 0 Å². The van der Waals surface area contributed by atoms with Gasteiger partial charge in [-0.25, -0.2) is 0 Å². The summed E-state index contributed by atoms with van der Waals surface area (Å²) in [5.74, 6) is 1.59. The van der Waals surface area contributed by atoms with Crippen molar-refractivity contribution in [2.24, 2.45) is 17.8 Å². The summed E-state index contributed by atoms with van der Waals surface area (Å²) >= 11 is 0. The molecular weight excluding hydrogens is 366 g/mol. The lowest BCUT2D eigenvalue weighted by Gasteiger charge is -2.25. The molecule has 3 fully saturated rings. The first kappa shape index (κ1) is 20.4. The normalized spacial score (nSPS) is 27.8. The summed E-state index contributed by atoms with van der Waals surface area (Å²) in [6, 6.07) is 10.3. The Morgan fingerprint density at radius 1 is 1.14 bits per heavy atom. The molecule has 3 heterocycles. The molecule has 29 heavy (non-hydrogen) atoms. The van der Waals surface area contributed by atoms with Crippen LogP contribution in [0.2, 0.25) is 0 Å². The van der Waals surface area contributed by atoms with Gasteiger partial charge in [0.05, 0.1) is 18.6 Å². The third kappa shape index (κ3) is 4.81. The number of ether oxygens (including phenoxy) is 1. The number of rotatable bonds is 7. The smallest absolute Gasteiger partial charge is 0.226 e. The number of nitrogens with one attached hydrogen (secondary N) is 1. The second kappa shape index (κ2) is 9.26. The molecule has 0 saturated carbocycles. The Morgan fingerprint density at radius 3 is 2.48 bits per heavy atom. The maximum Gasteiger partial charge on any atom is 0.226 e. The number of nitrogens with zero attached hydrogens (tertiary/aromatic N) is 2. The van der Waals surface area contributed by atoms with Gasteiger partial charge in [0.1, 0.15) is 0 Å². The summed E-state index contributed by atoms with van der Waals surface area (Å²) in [4.78, 5) is 29.2. The molecule has 1 aromatic carbocycles. The highest BCUT2D eigenvalue weighted by atomic mass is 16.5. The Labute approximate surface area is 173 Å². The fourth-order valence-electron chi connectivity index (χ4n) is 5.05. The van der Waals surface area contributed by atoms with E-state index in [0.717, 1.165) is 45.6 Å². The van der Waals surface area contributed by atoms with Gasteiger partial charge in [0, 0.05) is 45.8 Å². The van der Waals surface area contributed by atoms with Gasteiger partial charge in [-0.05, 0) is 30.2 Å². The van der Waals surface area contributed by atoms with Crippen LogP contribution < -0.4 is 5.32 Å². The fourth-order valence-corrected chi connectivity index (χ4v) is 5.05. The second-order valence-corrected chi connectivity index (χ2v) is 8.75. The number of likely N-dealkylation sites (tertiary alicyclic amines) is 2. The van der Waals surface area contributed by atoms with Gasteiger partial charge in [-0.2, -0.15) is 0 Å². The Morgan fingerprint density at radius 2 is 1.86 bits per heavy atom. The number of carbonyl (C=O) groups excluding carboxylic acids is 2. The topological polar surface area (TPSA) is 61.9 Å². The van der Waals surface area contributed by atoms with Gasteiger partial charge in [-0.3, -0.25) is 9.59 Å². The van der Waals surface area contributed by atoms with Gasteiger partial charge in [-0.15, -0.1) is 0 Å². The highest BCUT2D eigenvalue weighted by Crippen LogP contribution is 2.32. The largest absolute Gasteiger partial charge is 0.381 e. The van der Waals surface area contributed by atoms with Crippen molar-refractivity contribution in [2.75, 3.05) is 45.9 Å². The molecular formula is C23H33N3O3. The van der Waals surface area contributed by atoms with Gasteiger partial charge < -0.3 is 19.9 Å². The van der Waals surface area contributed by atoms with E-state index in [-0.39, 0.29) is 23.8 Å². The second-order valence-electron chi connectivity index (χ2n) is 8.75. The molecule has 6 heteroatoms. The number of fused-ring (bicyclic) bond motifs is 1. The highest BCUT2D eigenvalue weighted by molar-refractivity contribution is 5.79. The summed E-state index contributed by atoms with van der Waals surface area (Å²) in [6.45, 7) is 8.07. The number of hydrogen-bond donors (Lipinski definition) is 1. The molecule has 4 rings (SSSR count). The fraction of sp³-hybridized carbons (Fsp3) is 0.652. The molecule has 0 radical (unpaired) electrons. The molecule has 3 aliphatic rings. The van der Waals surface area contributed by atoms with Crippen molar-refractivity contribution in [3.8, 4) is 0 Å². The first-order valence-corrected chi connectivity index (χ1v) is 11.1.